The standard InChI is InChI=1S/C19H14F5NO4S2/c1-8-10(6-13(26)27)15-11(3-4-12(29-2)16(15)20)25(8)17(28)9-5-14(30-7-9)31-19(23,24)18(21)22/h3-5,7,18H,6H2,1-2H3,(H,26,27). The molecule has 0 fully saturated rings. The van der Waals surface area contributed by atoms with Crippen molar-refractivity contribution in [3.8, 4) is 5.75 Å². The Bertz CT molecular complexity index is 1170. The van der Waals surface area contributed by atoms with Crippen LogP contribution in [0.25, 0.3) is 10.9 Å². The number of carbonyl (C=O) groups is 2. The fourth-order valence-electron chi connectivity index (χ4n) is 3.09. The van der Waals surface area contributed by atoms with Crippen LogP contribution in [0.4, 0.5) is 22.0 Å². The third kappa shape index (κ3) is 4.26. The van der Waals surface area contributed by atoms with Gasteiger partial charge >= 0.3 is 17.6 Å². The van der Waals surface area contributed by atoms with E-state index in [-0.39, 0.29) is 49.4 Å². The van der Waals surface area contributed by atoms with E-state index in [0.29, 0.717) is 11.3 Å². The van der Waals surface area contributed by atoms with Crippen LogP contribution in [0.15, 0.2) is 27.8 Å². The van der Waals surface area contributed by atoms with Gasteiger partial charge in [0.1, 0.15) is 0 Å². The molecule has 0 spiro atoms. The van der Waals surface area contributed by atoms with Crippen LogP contribution in [0.1, 0.15) is 21.6 Å². The Morgan fingerprint density at radius 3 is 2.58 bits per heavy atom. The number of aromatic nitrogens is 1. The van der Waals surface area contributed by atoms with Crippen LogP contribution >= 0.6 is 23.1 Å². The molecule has 3 rings (SSSR count). The van der Waals surface area contributed by atoms with Crippen molar-refractivity contribution in [3.63, 3.8) is 0 Å². The largest absolute Gasteiger partial charge is 0.494 e. The number of methoxy groups -OCH3 is 1. The summed E-state index contributed by atoms with van der Waals surface area (Å²) >= 11 is 0.318. The van der Waals surface area contributed by atoms with Crippen LogP contribution < -0.4 is 4.74 Å². The van der Waals surface area contributed by atoms with Gasteiger partial charge in [0.15, 0.2) is 11.6 Å². The smallest absolute Gasteiger partial charge is 0.358 e. The number of carboxylic acid groups (broad SMARTS) is 1. The summed E-state index contributed by atoms with van der Waals surface area (Å²) in [5, 5.41) is 5.99. The van der Waals surface area contributed by atoms with Gasteiger partial charge < -0.3 is 9.84 Å². The molecular weight excluding hydrogens is 465 g/mol. The van der Waals surface area contributed by atoms with Crippen molar-refractivity contribution in [3.05, 3.63) is 46.2 Å². The predicted octanol–water partition coefficient (Wildman–Crippen LogP) is 5.42. The maximum Gasteiger partial charge on any atom is 0.358 e. The molecule has 0 unspecified atom stereocenters. The quantitative estimate of drug-likeness (QED) is 0.362. The molecule has 166 valence electrons. The zero-order chi connectivity index (χ0) is 23.1. The lowest BCUT2D eigenvalue weighted by atomic mass is 10.1. The number of fused-ring (bicyclic) bond motifs is 1. The highest BCUT2D eigenvalue weighted by Gasteiger charge is 2.42. The first-order chi connectivity index (χ1) is 14.5. The van der Waals surface area contributed by atoms with Gasteiger partial charge in [0, 0.05) is 16.5 Å². The van der Waals surface area contributed by atoms with Crippen molar-refractivity contribution < 1.29 is 41.4 Å². The lowest BCUT2D eigenvalue weighted by Crippen LogP contribution is -2.21. The molecule has 1 aromatic carbocycles. The normalized spacial score (nSPS) is 12.0. The first-order valence-corrected chi connectivity index (χ1v) is 10.2. The van der Waals surface area contributed by atoms with Crippen molar-refractivity contribution in [2.45, 2.75) is 29.2 Å². The Morgan fingerprint density at radius 1 is 1.32 bits per heavy atom. The molecule has 31 heavy (non-hydrogen) atoms. The lowest BCUT2D eigenvalue weighted by Gasteiger charge is -2.12. The highest BCUT2D eigenvalue weighted by molar-refractivity contribution is 8.02. The summed E-state index contributed by atoms with van der Waals surface area (Å²) in [5.74, 6) is -2.98. The number of benzene rings is 1. The number of thioether (sulfide) groups is 1. The third-order valence-corrected chi connectivity index (χ3v) is 6.49. The van der Waals surface area contributed by atoms with Crippen LogP contribution in [0.3, 0.4) is 0 Å². The summed E-state index contributed by atoms with van der Waals surface area (Å²) in [4.78, 5) is 24.4. The van der Waals surface area contributed by atoms with E-state index in [9.17, 15) is 36.6 Å². The maximum atomic E-state index is 14.9. The molecule has 0 aliphatic rings. The van der Waals surface area contributed by atoms with Crippen LogP contribution in [-0.2, 0) is 11.2 Å². The number of thiophene rings is 1. The maximum absolute atomic E-state index is 14.9. The highest BCUT2D eigenvalue weighted by Crippen LogP contribution is 2.43. The molecule has 0 atom stereocenters. The Kier molecular flexibility index (Phi) is 6.33. The molecular formula is C19H14F5NO4S2. The molecule has 3 aromatic rings. The van der Waals surface area contributed by atoms with Gasteiger partial charge in [0.2, 0.25) is 0 Å². The van der Waals surface area contributed by atoms with Gasteiger partial charge in [-0.25, -0.2) is 13.2 Å². The zero-order valence-electron chi connectivity index (χ0n) is 15.9. The summed E-state index contributed by atoms with van der Waals surface area (Å²) < 4.78 is 72.2. The fraction of sp³-hybridized carbons (Fsp3) is 0.263. The molecule has 0 aliphatic heterocycles. The number of halogens is 5. The molecule has 0 saturated heterocycles. The van der Waals surface area contributed by atoms with Crippen molar-refractivity contribution in [1.29, 1.82) is 0 Å². The van der Waals surface area contributed by atoms with Gasteiger partial charge in [-0.15, -0.1) is 11.3 Å². The monoisotopic (exact) mass is 479 g/mol. The average Bonchev–Trinajstić information content (AvgIpc) is 3.24. The predicted molar refractivity (Wildman–Crippen MR) is 105 cm³/mol. The minimum absolute atomic E-state index is 0.0568. The third-order valence-electron chi connectivity index (χ3n) is 4.46. The van der Waals surface area contributed by atoms with E-state index in [1.165, 1.54) is 31.5 Å². The lowest BCUT2D eigenvalue weighted by molar-refractivity contribution is -0.136. The van der Waals surface area contributed by atoms with Crippen molar-refractivity contribution in [1.82, 2.24) is 4.57 Å². The second kappa shape index (κ2) is 8.50. The van der Waals surface area contributed by atoms with Gasteiger partial charge in [0.05, 0.1) is 28.8 Å². The molecule has 0 amide bonds. The molecule has 2 aromatic heterocycles. The van der Waals surface area contributed by atoms with E-state index in [4.69, 9.17) is 4.74 Å². The molecule has 0 radical (unpaired) electrons. The van der Waals surface area contributed by atoms with Crippen molar-refractivity contribution in [2.75, 3.05) is 7.11 Å². The van der Waals surface area contributed by atoms with Gasteiger partial charge in [-0.2, -0.15) is 8.78 Å². The van der Waals surface area contributed by atoms with Gasteiger partial charge in [-0.3, -0.25) is 14.2 Å². The Hall–Kier alpha value is -2.60. The van der Waals surface area contributed by atoms with E-state index >= 15 is 0 Å². The van der Waals surface area contributed by atoms with E-state index in [1.807, 2.05) is 0 Å². The van der Waals surface area contributed by atoms with Crippen LogP contribution in [0.5, 0.6) is 5.75 Å². The minimum atomic E-state index is -4.32. The van der Waals surface area contributed by atoms with Crippen LogP contribution in [0, 0.1) is 12.7 Å². The van der Waals surface area contributed by atoms with E-state index in [0.717, 1.165) is 10.6 Å². The summed E-state index contributed by atoms with van der Waals surface area (Å²) in [7, 11) is 1.23. The minimum Gasteiger partial charge on any atom is -0.494 e. The number of alkyl halides is 4. The first-order valence-electron chi connectivity index (χ1n) is 8.54. The van der Waals surface area contributed by atoms with Gasteiger partial charge in [-0.1, -0.05) is 0 Å². The molecule has 0 aliphatic carbocycles. The highest BCUT2D eigenvalue weighted by atomic mass is 32.2. The molecule has 1 N–H and O–H groups in total. The number of carboxylic acids is 1. The number of ether oxygens (including phenoxy) is 1. The number of hydrogen-bond acceptors (Lipinski definition) is 5. The van der Waals surface area contributed by atoms with Crippen molar-refractivity contribution >= 4 is 45.9 Å². The molecule has 12 heteroatoms. The molecule has 0 saturated carbocycles. The summed E-state index contributed by atoms with van der Waals surface area (Å²) in [6.45, 7) is 1.43. The van der Waals surface area contributed by atoms with Crippen LogP contribution in [0.2, 0.25) is 0 Å². The SMILES string of the molecule is COc1ccc2c(c1F)c(CC(=O)O)c(C)n2C(=O)c1csc(SC(F)(F)C(F)F)c1. The van der Waals surface area contributed by atoms with E-state index in [2.05, 4.69) is 0 Å². The topological polar surface area (TPSA) is 68.5 Å². The Balaban J connectivity index is 2.11. The average molecular weight is 479 g/mol. The summed E-state index contributed by atoms with van der Waals surface area (Å²) in [6.07, 6.45) is -4.45. The molecule has 2 heterocycles. The molecule has 5 nitrogen and oxygen atoms in total. The van der Waals surface area contributed by atoms with E-state index < -0.39 is 35.8 Å². The Morgan fingerprint density at radius 2 is 2.00 bits per heavy atom. The van der Waals surface area contributed by atoms with Crippen molar-refractivity contribution in [2.24, 2.45) is 0 Å². The number of aliphatic carboxylic acids is 1. The second-order valence-electron chi connectivity index (χ2n) is 6.37. The number of carbonyl (C=O) groups excluding carboxylic acids is 1. The second-order valence-corrected chi connectivity index (χ2v) is 8.73. The fourth-order valence-corrected chi connectivity index (χ4v) is 4.91. The molecule has 0 bridgehead atoms. The number of nitrogens with zero attached hydrogens (tertiary/aromatic N) is 1. The first kappa shape index (κ1) is 23.1. The number of hydrogen-bond donors (Lipinski definition) is 1. The van der Waals surface area contributed by atoms with Gasteiger partial charge in [-0.05, 0) is 42.4 Å². The van der Waals surface area contributed by atoms with Gasteiger partial charge in [0.25, 0.3) is 5.91 Å². The van der Waals surface area contributed by atoms with E-state index in [1.54, 1.807) is 0 Å². The summed E-state index contributed by atoms with van der Waals surface area (Å²) in [5.41, 5.74) is 0.181. The number of rotatable bonds is 7. The van der Waals surface area contributed by atoms with Crippen LogP contribution in [-0.4, -0.2) is 40.3 Å². The zero-order valence-corrected chi connectivity index (χ0v) is 17.6. The summed E-state index contributed by atoms with van der Waals surface area (Å²) in [6, 6.07) is 3.68. The Labute approximate surface area is 180 Å².